The molecule has 1 rings (SSSR count). The van der Waals surface area contributed by atoms with Gasteiger partial charge in [0.2, 0.25) is 0 Å². The smallest absolute Gasteiger partial charge is 0.147 e. The topological polar surface area (TPSA) is 17.1 Å². The predicted octanol–water partition coefficient (Wildman–Crippen LogP) is 3.31. The van der Waals surface area contributed by atoms with Crippen molar-refractivity contribution >= 4 is 34.3 Å². The summed E-state index contributed by atoms with van der Waals surface area (Å²) in [5.74, 6) is 0.113. The first-order chi connectivity index (χ1) is 6.04. The molecule has 0 heterocycles. The van der Waals surface area contributed by atoms with Crippen molar-refractivity contribution in [2.75, 3.05) is 0 Å². The molecule has 0 radical (unpaired) electrons. The quantitative estimate of drug-likeness (QED) is 0.637. The van der Waals surface area contributed by atoms with E-state index in [1.807, 2.05) is 25.1 Å². The van der Waals surface area contributed by atoms with Gasteiger partial charge in [0, 0.05) is 4.90 Å². The van der Waals surface area contributed by atoms with Gasteiger partial charge in [-0.25, -0.2) is 0 Å². The standard InChI is InChI=1S/C10H11BrOS/c1-6-8(10(11)7(2)12)4-3-5-9(6)13/h3-5,10,13H,1-2H3. The number of hydrogen-bond donors (Lipinski definition) is 1. The van der Waals surface area contributed by atoms with Crippen LogP contribution in [0.15, 0.2) is 23.1 Å². The molecule has 1 atom stereocenters. The first kappa shape index (κ1) is 10.8. The molecule has 0 aromatic heterocycles. The molecular weight excluding hydrogens is 248 g/mol. The van der Waals surface area contributed by atoms with E-state index >= 15 is 0 Å². The van der Waals surface area contributed by atoms with E-state index in [-0.39, 0.29) is 10.6 Å². The molecule has 0 N–H and O–H groups in total. The molecule has 1 aromatic rings. The SMILES string of the molecule is CC(=O)C(Br)c1cccc(S)c1C. The van der Waals surface area contributed by atoms with Crippen LogP contribution in [0, 0.1) is 6.92 Å². The second-order valence-electron chi connectivity index (χ2n) is 2.96. The van der Waals surface area contributed by atoms with Gasteiger partial charge in [-0.2, -0.15) is 0 Å². The highest BCUT2D eigenvalue weighted by atomic mass is 79.9. The Morgan fingerprint density at radius 3 is 2.69 bits per heavy atom. The Hall–Kier alpha value is -0.280. The predicted molar refractivity (Wildman–Crippen MR) is 60.8 cm³/mol. The van der Waals surface area contributed by atoms with Gasteiger partial charge in [-0.05, 0) is 31.0 Å². The molecule has 1 unspecified atom stereocenters. The number of benzene rings is 1. The van der Waals surface area contributed by atoms with E-state index in [2.05, 4.69) is 28.6 Å². The number of Topliss-reactive ketones (excluding diaryl/α,β-unsaturated/α-hetero) is 1. The molecule has 0 bridgehead atoms. The van der Waals surface area contributed by atoms with Crippen molar-refractivity contribution in [3.05, 3.63) is 29.3 Å². The third kappa shape index (κ3) is 2.35. The molecule has 0 fully saturated rings. The van der Waals surface area contributed by atoms with Crippen LogP contribution in [-0.2, 0) is 4.79 Å². The third-order valence-electron chi connectivity index (χ3n) is 1.98. The van der Waals surface area contributed by atoms with Gasteiger partial charge < -0.3 is 0 Å². The van der Waals surface area contributed by atoms with Crippen LogP contribution in [0.3, 0.4) is 0 Å². The van der Waals surface area contributed by atoms with Crippen LogP contribution in [0.4, 0.5) is 0 Å². The molecule has 1 aromatic carbocycles. The van der Waals surface area contributed by atoms with Gasteiger partial charge in [-0.1, -0.05) is 28.1 Å². The second kappa shape index (κ2) is 4.29. The first-order valence-electron chi connectivity index (χ1n) is 3.97. The monoisotopic (exact) mass is 258 g/mol. The Morgan fingerprint density at radius 2 is 2.15 bits per heavy atom. The Labute approximate surface area is 92.1 Å². The molecule has 0 saturated carbocycles. The average molecular weight is 259 g/mol. The maximum Gasteiger partial charge on any atom is 0.147 e. The van der Waals surface area contributed by atoms with Crippen LogP contribution >= 0.6 is 28.6 Å². The van der Waals surface area contributed by atoms with Crippen LogP contribution in [0.1, 0.15) is 22.9 Å². The molecule has 0 spiro atoms. The number of alkyl halides is 1. The summed E-state index contributed by atoms with van der Waals surface area (Å²) < 4.78 is 0. The number of carbonyl (C=O) groups is 1. The molecule has 1 nitrogen and oxygen atoms in total. The molecule has 0 amide bonds. The van der Waals surface area contributed by atoms with Gasteiger partial charge in [-0.15, -0.1) is 12.6 Å². The summed E-state index contributed by atoms with van der Waals surface area (Å²) in [6.07, 6.45) is 0. The third-order valence-corrected chi connectivity index (χ3v) is 3.60. The lowest BCUT2D eigenvalue weighted by molar-refractivity contribution is -0.116. The van der Waals surface area contributed by atoms with Crippen molar-refractivity contribution in [3.8, 4) is 0 Å². The lowest BCUT2D eigenvalue weighted by Gasteiger charge is -2.11. The van der Waals surface area contributed by atoms with Gasteiger partial charge in [0.25, 0.3) is 0 Å². The Balaban J connectivity index is 3.15. The van der Waals surface area contributed by atoms with Crippen LogP contribution < -0.4 is 0 Å². The minimum atomic E-state index is -0.209. The highest BCUT2D eigenvalue weighted by Gasteiger charge is 2.15. The van der Waals surface area contributed by atoms with Crippen molar-refractivity contribution in [1.82, 2.24) is 0 Å². The van der Waals surface area contributed by atoms with Crippen LogP contribution in [-0.4, -0.2) is 5.78 Å². The van der Waals surface area contributed by atoms with E-state index in [4.69, 9.17) is 0 Å². The minimum absolute atomic E-state index is 0.113. The maximum atomic E-state index is 11.1. The fourth-order valence-electron chi connectivity index (χ4n) is 1.13. The zero-order valence-corrected chi connectivity index (χ0v) is 10.0. The number of ketones is 1. The fraction of sp³-hybridized carbons (Fsp3) is 0.300. The highest BCUT2D eigenvalue weighted by molar-refractivity contribution is 9.09. The summed E-state index contributed by atoms with van der Waals surface area (Å²) in [5, 5.41) is 0. The maximum absolute atomic E-state index is 11.1. The van der Waals surface area contributed by atoms with E-state index in [1.165, 1.54) is 0 Å². The van der Waals surface area contributed by atoms with Gasteiger partial charge in [0.15, 0.2) is 0 Å². The highest BCUT2D eigenvalue weighted by Crippen LogP contribution is 2.29. The molecule has 13 heavy (non-hydrogen) atoms. The van der Waals surface area contributed by atoms with Gasteiger partial charge >= 0.3 is 0 Å². The van der Waals surface area contributed by atoms with Crippen LogP contribution in [0.2, 0.25) is 0 Å². The van der Waals surface area contributed by atoms with Gasteiger partial charge in [0.1, 0.15) is 5.78 Å². The summed E-state index contributed by atoms with van der Waals surface area (Å²) in [4.78, 5) is 11.8. The van der Waals surface area contributed by atoms with Gasteiger partial charge in [-0.3, -0.25) is 4.79 Å². The lowest BCUT2D eigenvalue weighted by atomic mass is 10.0. The Kier molecular flexibility index (Phi) is 3.56. The second-order valence-corrected chi connectivity index (χ2v) is 4.36. The Morgan fingerprint density at radius 1 is 1.54 bits per heavy atom. The largest absolute Gasteiger partial charge is 0.298 e. The summed E-state index contributed by atoms with van der Waals surface area (Å²) >= 11 is 7.65. The van der Waals surface area contributed by atoms with E-state index < -0.39 is 0 Å². The normalized spacial score (nSPS) is 12.6. The van der Waals surface area contributed by atoms with Crippen molar-refractivity contribution < 1.29 is 4.79 Å². The van der Waals surface area contributed by atoms with Crippen molar-refractivity contribution in [2.45, 2.75) is 23.6 Å². The summed E-state index contributed by atoms with van der Waals surface area (Å²) in [6.45, 7) is 3.54. The summed E-state index contributed by atoms with van der Waals surface area (Å²) in [7, 11) is 0. The summed E-state index contributed by atoms with van der Waals surface area (Å²) in [6, 6.07) is 5.76. The molecule has 70 valence electrons. The summed E-state index contributed by atoms with van der Waals surface area (Å²) in [5.41, 5.74) is 2.06. The van der Waals surface area contributed by atoms with Gasteiger partial charge in [0.05, 0.1) is 4.83 Å². The van der Waals surface area contributed by atoms with Crippen molar-refractivity contribution in [2.24, 2.45) is 0 Å². The zero-order valence-electron chi connectivity index (χ0n) is 7.54. The molecule has 0 aliphatic carbocycles. The fourth-order valence-corrected chi connectivity index (χ4v) is 1.85. The Bertz CT molecular complexity index is 336. The number of hydrogen-bond acceptors (Lipinski definition) is 2. The van der Waals surface area contributed by atoms with E-state index in [0.29, 0.717) is 0 Å². The molecule has 0 aliphatic heterocycles. The van der Waals surface area contributed by atoms with E-state index in [1.54, 1.807) is 6.92 Å². The number of carbonyl (C=O) groups excluding carboxylic acids is 1. The van der Waals surface area contributed by atoms with Crippen LogP contribution in [0.5, 0.6) is 0 Å². The number of halogens is 1. The van der Waals surface area contributed by atoms with E-state index in [0.717, 1.165) is 16.0 Å². The molecular formula is C10H11BrOS. The zero-order chi connectivity index (χ0) is 10.0. The van der Waals surface area contributed by atoms with Crippen molar-refractivity contribution in [3.63, 3.8) is 0 Å². The van der Waals surface area contributed by atoms with E-state index in [9.17, 15) is 4.79 Å². The molecule has 0 aliphatic rings. The number of rotatable bonds is 2. The molecule has 3 heteroatoms. The average Bonchev–Trinajstić information content (AvgIpc) is 2.08. The van der Waals surface area contributed by atoms with Crippen LogP contribution in [0.25, 0.3) is 0 Å². The first-order valence-corrected chi connectivity index (χ1v) is 5.33. The molecule has 0 saturated heterocycles. The van der Waals surface area contributed by atoms with Crippen molar-refractivity contribution in [1.29, 1.82) is 0 Å². The minimum Gasteiger partial charge on any atom is -0.298 e. The lowest BCUT2D eigenvalue weighted by Crippen LogP contribution is -2.03. The number of thiol groups is 1.